The maximum atomic E-state index is 7.31. The van der Waals surface area contributed by atoms with Gasteiger partial charge in [0.05, 0.1) is 0 Å². The lowest BCUT2D eigenvalue weighted by Gasteiger charge is -2.10. The largest absolute Gasteiger partial charge is 0.379 e. The van der Waals surface area contributed by atoms with E-state index in [-0.39, 0.29) is 10.3 Å². The van der Waals surface area contributed by atoms with E-state index in [1.807, 2.05) is 12.1 Å². The monoisotopic (exact) mass is 304 g/mol. The standard InChI is InChI=1S/C14H16N4S2/c15-13(16)19-7-9-3-1-5-11-10(8-20-14(17)18)4-2-6-12(9)11/h1-6H,7-8H2,(H3,15,16)(H3,17,18). The number of nitrogens with two attached hydrogens (primary N) is 2. The highest BCUT2D eigenvalue weighted by molar-refractivity contribution is 8.13. The van der Waals surface area contributed by atoms with Gasteiger partial charge in [0.1, 0.15) is 0 Å². The predicted octanol–water partition coefficient (Wildman–Crippen LogP) is 3.09. The van der Waals surface area contributed by atoms with Crippen LogP contribution in [0.25, 0.3) is 10.8 Å². The van der Waals surface area contributed by atoms with Crippen molar-refractivity contribution in [1.29, 1.82) is 10.8 Å². The molecule has 0 saturated heterocycles. The summed E-state index contributed by atoms with van der Waals surface area (Å²) in [6.45, 7) is 0. The number of nitrogens with one attached hydrogen (secondary N) is 2. The Morgan fingerprint density at radius 2 is 1.20 bits per heavy atom. The molecule has 0 bridgehead atoms. The zero-order valence-corrected chi connectivity index (χ0v) is 12.5. The summed E-state index contributed by atoms with van der Waals surface area (Å²) in [4.78, 5) is 0. The van der Waals surface area contributed by atoms with E-state index < -0.39 is 0 Å². The van der Waals surface area contributed by atoms with Crippen LogP contribution in [0.2, 0.25) is 0 Å². The van der Waals surface area contributed by atoms with Crippen LogP contribution < -0.4 is 11.5 Å². The third-order valence-electron chi connectivity index (χ3n) is 2.87. The first-order valence-electron chi connectivity index (χ1n) is 6.01. The highest BCUT2D eigenvalue weighted by atomic mass is 32.2. The number of benzene rings is 2. The maximum Gasteiger partial charge on any atom is 0.151 e. The van der Waals surface area contributed by atoms with Gasteiger partial charge in [-0.1, -0.05) is 59.9 Å². The Labute approximate surface area is 126 Å². The van der Waals surface area contributed by atoms with E-state index in [1.165, 1.54) is 34.3 Å². The average Bonchev–Trinajstić information content (AvgIpc) is 2.42. The summed E-state index contributed by atoms with van der Waals surface area (Å²) in [7, 11) is 0. The number of thioether (sulfide) groups is 2. The Bertz CT molecular complexity index is 597. The van der Waals surface area contributed by atoms with Gasteiger partial charge < -0.3 is 11.5 Å². The van der Waals surface area contributed by atoms with Gasteiger partial charge in [-0.2, -0.15) is 0 Å². The molecule has 0 aliphatic carbocycles. The topological polar surface area (TPSA) is 99.7 Å². The quantitative estimate of drug-likeness (QED) is 0.515. The molecule has 6 N–H and O–H groups in total. The molecule has 0 atom stereocenters. The average molecular weight is 304 g/mol. The van der Waals surface area contributed by atoms with Gasteiger partial charge in [-0.3, -0.25) is 10.8 Å². The number of hydrogen-bond donors (Lipinski definition) is 4. The van der Waals surface area contributed by atoms with Gasteiger partial charge in [-0.05, 0) is 21.9 Å². The van der Waals surface area contributed by atoms with Crippen LogP contribution in [-0.2, 0) is 11.5 Å². The highest BCUT2D eigenvalue weighted by Crippen LogP contribution is 2.27. The fraction of sp³-hybridized carbons (Fsp3) is 0.143. The van der Waals surface area contributed by atoms with E-state index >= 15 is 0 Å². The summed E-state index contributed by atoms with van der Waals surface area (Å²) in [6.07, 6.45) is 0. The Morgan fingerprint density at radius 3 is 1.55 bits per heavy atom. The Kier molecular flexibility index (Phi) is 4.92. The first-order chi connectivity index (χ1) is 9.58. The van der Waals surface area contributed by atoms with E-state index in [0.717, 1.165) is 11.1 Å². The van der Waals surface area contributed by atoms with Crippen LogP contribution in [0.5, 0.6) is 0 Å². The van der Waals surface area contributed by atoms with Crippen LogP contribution in [0.3, 0.4) is 0 Å². The molecular formula is C14H16N4S2. The molecule has 2 aromatic carbocycles. The minimum atomic E-state index is 0.130. The first-order valence-corrected chi connectivity index (χ1v) is 7.98. The number of amidine groups is 2. The van der Waals surface area contributed by atoms with Crippen LogP contribution in [0.15, 0.2) is 36.4 Å². The van der Waals surface area contributed by atoms with Gasteiger partial charge >= 0.3 is 0 Å². The van der Waals surface area contributed by atoms with Crippen molar-refractivity contribution in [2.45, 2.75) is 11.5 Å². The van der Waals surface area contributed by atoms with Gasteiger partial charge in [-0.15, -0.1) is 0 Å². The zero-order chi connectivity index (χ0) is 14.5. The van der Waals surface area contributed by atoms with Gasteiger partial charge in [0, 0.05) is 11.5 Å². The van der Waals surface area contributed by atoms with Gasteiger partial charge in [0.25, 0.3) is 0 Å². The second-order valence-corrected chi connectivity index (χ2v) is 6.27. The lowest BCUT2D eigenvalue weighted by Crippen LogP contribution is -2.04. The third-order valence-corrected chi connectivity index (χ3v) is 4.40. The number of rotatable bonds is 4. The summed E-state index contributed by atoms with van der Waals surface area (Å²) in [5.41, 5.74) is 13.1. The maximum absolute atomic E-state index is 7.31. The summed E-state index contributed by atoms with van der Waals surface area (Å²) >= 11 is 2.65. The van der Waals surface area contributed by atoms with Crippen molar-refractivity contribution < 1.29 is 0 Å². The highest BCUT2D eigenvalue weighted by Gasteiger charge is 2.06. The molecule has 104 valence electrons. The van der Waals surface area contributed by atoms with Crippen LogP contribution in [-0.4, -0.2) is 10.3 Å². The molecule has 0 fully saturated rings. The van der Waals surface area contributed by atoms with E-state index in [2.05, 4.69) is 24.3 Å². The Balaban J connectivity index is 2.35. The van der Waals surface area contributed by atoms with E-state index in [9.17, 15) is 0 Å². The second kappa shape index (κ2) is 6.67. The lowest BCUT2D eigenvalue weighted by atomic mass is 10.0. The van der Waals surface area contributed by atoms with Crippen LogP contribution in [0, 0.1) is 10.8 Å². The van der Waals surface area contributed by atoms with Crippen molar-refractivity contribution in [2.24, 2.45) is 11.5 Å². The van der Waals surface area contributed by atoms with E-state index in [1.54, 1.807) is 0 Å². The molecule has 0 radical (unpaired) electrons. The fourth-order valence-electron chi connectivity index (χ4n) is 2.00. The molecule has 0 spiro atoms. The molecule has 2 aromatic rings. The fourth-order valence-corrected chi connectivity index (χ4v) is 3.13. The molecule has 2 rings (SSSR count). The second-order valence-electron chi connectivity index (χ2n) is 4.24. The molecule has 6 heteroatoms. The van der Waals surface area contributed by atoms with E-state index in [4.69, 9.17) is 22.3 Å². The normalized spacial score (nSPS) is 10.6. The lowest BCUT2D eigenvalue weighted by molar-refractivity contribution is 1.42. The molecule has 0 amide bonds. The minimum Gasteiger partial charge on any atom is -0.379 e. The van der Waals surface area contributed by atoms with E-state index in [0.29, 0.717) is 11.5 Å². The van der Waals surface area contributed by atoms with Crippen molar-refractivity contribution in [1.82, 2.24) is 0 Å². The molecule has 0 heterocycles. The summed E-state index contributed by atoms with van der Waals surface area (Å²) in [5, 5.41) is 17.2. The Morgan fingerprint density at radius 1 is 0.800 bits per heavy atom. The molecule has 20 heavy (non-hydrogen) atoms. The molecule has 0 saturated carbocycles. The Hall–Kier alpha value is -1.66. The SMILES string of the molecule is N=C(N)SCc1cccc2c(CSC(=N)N)cccc12. The molecule has 4 nitrogen and oxygen atoms in total. The van der Waals surface area contributed by atoms with Gasteiger partial charge in [-0.25, -0.2) is 0 Å². The number of hydrogen-bond acceptors (Lipinski definition) is 4. The molecule has 0 aliphatic rings. The van der Waals surface area contributed by atoms with Crippen LogP contribution in [0.1, 0.15) is 11.1 Å². The minimum absolute atomic E-state index is 0.130. The first kappa shape index (κ1) is 14.7. The summed E-state index contributed by atoms with van der Waals surface area (Å²) in [5.74, 6) is 1.38. The van der Waals surface area contributed by atoms with Gasteiger partial charge in [0.2, 0.25) is 0 Å². The van der Waals surface area contributed by atoms with Crippen LogP contribution in [0.4, 0.5) is 0 Å². The molecular weight excluding hydrogens is 288 g/mol. The van der Waals surface area contributed by atoms with Crippen molar-refractivity contribution in [3.05, 3.63) is 47.5 Å². The van der Waals surface area contributed by atoms with Crippen molar-refractivity contribution in [2.75, 3.05) is 0 Å². The van der Waals surface area contributed by atoms with Gasteiger partial charge in [0.15, 0.2) is 10.3 Å². The van der Waals surface area contributed by atoms with Crippen molar-refractivity contribution in [3.63, 3.8) is 0 Å². The number of fused-ring (bicyclic) bond motifs is 1. The molecule has 0 aliphatic heterocycles. The van der Waals surface area contributed by atoms with Crippen molar-refractivity contribution in [3.8, 4) is 0 Å². The molecule has 0 aromatic heterocycles. The summed E-state index contributed by atoms with van der Waals surface area (Å²) in [6, 6.07) is 12.3. The third kappa shape index (κ3) is 3.68. The zero-order valence-electron chi connectivity index (χ0n) is 10.8. The van der Waals surface area contributed by atoms with Crippen LogP contribution >= 0.6 is 23.5 Å². The summed E-state index contributed by atoms with van der Waals surface area (Å²) < 4.78 is 0. The smallest absolute Gasteiger partial charge is 0.151 e. The predicted molar refractivity (Wildman–Crippen MR) is 90.4 cm³/mol. The molecule has 0 unspecified atom stereocenters. The van der Waals surface area contributed by atoms with Crippen molar-refractivity contribution >= 4 is 44.6 Å².